The van der Waals surface area contributed by atoms with E-state index in [1.807, 2.05) is 0 Å². The highest BCUT2D eigenvalue weighted by atomic mass is 16.5. The van der Waals surface area contributed by atoms with Gasteiger partial charge in [-0.05, 0) is 32.4 Å². The van der Waals surface area contributed by atoms with Crippen molar-refractivity contribution in [2.45, 2.75) is 38.7 Å². The van der Waals surface area contributed by atoms with E-state index in [0.717, 1.165) is 0 Å². The second-order valence-corrected chi connectivity index (χ2v) is 6.27. The molecule has 136 valence electrons. The number of nitrogens with zero attached hydrogens (tertiary/aromatic N) is 1. The summed E-state index contributed by atoms with van der Waals surface area (Å²) < 4.78 is 10.2. The zero-order chi connectivity index (χ0) is 18.6. The predicted octanol–water partition coefficient (Wildman–Crippen LogP) is 1.25. The Morgan fingerprint density at radius 2 is 1.92 bits per heavy atom. The van der Waals surface area contributed by atoms with Crippen LogP contribution in [-0.2, 0) is 23.9 Å². The van der Waals surface area contributed by atoms with Gasteiger partial charge in [0.2, 0.25) is 0 Å². The number of pyridine rings is 1. The van der Waals surface area contributed by atoms with Crippen LogP contribution in [0.15, 0.2) is 24.5 Å². The SMILES string of the molecule is CCOC(=O)C1C(=O)CC(C)(O)C(C(=O)OCC)C1c1cccnc1. The first-order chi connectivity index (χ1) is 11.8. The zero-order valence-electron chi connectivity index (χ0n) is 14.6. The highest BCUT2D eigenvalue weighted by molar-refractivity contribution is 6.02. The van der Waals surface area contributed by atoms with Gasteiger partial charge < -0.3 is 14.6 Å². The summed E-state index contributed by atoms with van der Waals surface area (Å²) in [5, 5.41) is 10.8. The number of carbonyl (C=O) groups excluding carboxylic acids is 3. The van der Waals surface area contributed by atoms with Crippen LogP contribution in [0.25, 0.3) is 0 Å². The number of rotatable bonds is 5. The van der Waals surface area contributed by atoms with E-state index in [9.17, 15) is 19.5 Å². The molecule has 7 nitrogen and oxygen atoms in total. The zero-order valence-corrected chi connectivity index (χ0v) is 14.6. The van der Waals surface area contributed by atoms with Gasteiger partial charge in [-0.25, -0.2) is 0 Å². The third kappa shape index (κ3) is 3.87. The predicted molar refractivity (Wildman–Crippen MR) is 87.5 cm³/mol. The van der Waals surface area contributed by atoms with Crippen molar-refractivity contribution in [1.29, 1.82) is 0 Å². The van der Waals surface area contributed by atoms with Crippen molar-refractivity contribution < 1.29 is 29.0 Å². The van der Waals surface area contributed by atoms with E-state index in [2.05, 4.69) is 4.98 Å². The van der Waals surface area contributed by atoms with E-state index >= 15 is 0 Å². The van der Waals surface area contributed by atoms with Gasteiger partial charge in [-0.2, -0.15) is 0 Å². The van der Waals surface area contributed by atoms with Crippen LogP contribution >= 0.6 is 0 Å². The van der Waals surface area contributed by atoms with Crippen LogP contribution < -0.4 is 0 Å². The smallest absolute Gasteiger partial charge is 0.317 e. The summed E-state index contributed by atoms with van der Waals surface area (Å²) in [4.78, 5) is 41.6. The van der Waals surface area contributed by atoms with Crippen molar-refractivity contribution >= 4 is 17.7 Å². The molecule has 0 bridgehead atoms. The number of carbonyl (C=O) groups is 3. The lowest BCUT2D eigenvalue weighted by Gasteiger charge is -2.43. The van der Waals surface area contributed by atoms with Gasteiger partial charge in [0.1, 0.15) is 5.92 Å². The van der Waals surface area contributed by atoms with Gasteiger partial charge in [0.05, 0.1) is 24.7 Å². The van der Waals surface area contributed by atoms with Gasteiger partial charge in [0.15, 0.2) is 5.78 Å². The summed E-state index contributed by atoms with van der Waals surface area (Å²) in [7, 11) is 0. The minimum absolute atomic E-state index is 0.114. The molecule has 4 unspecified atom stereocenters. The third-order valence-electron chi connectivity index (χ3n) is 4.42. The summed E-state index contributed by atoms with van der Waals surface area (Å²) >= 11 is 0. The molecule has 1 aromatic heterocycles. The van der Waals surface area contributed by atoms with Crippen LogP contribution in [0, 0.1) is 11.8 Å². The molecule has 2 rings (SSSR count). The number of ether oxygens (including phenoxy) is 2. The van der Waals surface area contributed by atoms with Gasteiger partial charge in [-0.15, -0.1) is 0 Å². The molecule has 1 aromatic rings. The average molecular weight is 349 g/mol. The Morgan fingerprint density at radius 3 is 2.48 bits per heavy atom. The lowest BCUT2D eigenvalue weighted by atomic mass is 9.62. The van der Waals surface area contributed by atoms with E-state index in [4.69, 9.17) is 9.47 Å². The fourth-order valence-corrected chi connectivity index (χ4v) is 3.45. The molecular weight excluding hydrogens is 326 g/mol. The maximum atomic E-state index is 12.6. The Balaban J connectivity index is 2.57. The fraction of sp³-hybridized carbons (Fsp3) is 0.556. The molecule has 1 heterocycles. The van der Waals surface area contributed by atoms with Gasteiger partial charge >= 0.3 is 11.9 Å². The van der Waals surface area contributed by atoms with Crippen LogP contribution in [-0.4, -0.2) is 46.6 Å². The van der Waals surface area contributed by atoms with Crippen LogP contribution in [0.3, 0.4) is 0 Å². The number of esters is 2. The summed E-state index contributed by atoms with van der Waals surface area (Å²) in [5.41, 5.74) is -1.13. The average Bonchev–Trinajstić information content (AvgIpc) is 2.54. The number of hydrogen-bond donors (Lipinski definition) is 1. The number of aromatic nitrogens is 1. The molecule has 0 aliphatic heterocycles. The van der Waals surface area contributed by atoms with Crippen LogP contribution in [0.1, 0.15) is 38.7 Å². The number of Topliss-reactive ketones (excluding diaryl/α,β-unsaturated/α-hetero) is 1. The van der Waals surface area contributed by atoms with Crippen molar-refractivity contribution in [1.82, 2.24) is 4.98 Å². The minimum atomic E-state index is -1.63. The number of aliphatic hydroxyl groups is 1. The molecule has 1 fully saturated rings. The molecule has 25 heavy (non-hydrogen) atoms. The second kappa shape index (κ2) is 7.74. The largest absolute Gasteiger partial charge is 0.466 e. The summed E-state index contributed by atoms with van der Waals surface area (Å²) in [6, 6.07) is 3.32. The maximum Gasteiger partial charge on any atom is 0.317 e. The summed E-state index contributed by atoms with van der Waals surface area (Å²) in [5.74, 6) is -4.97. The Bertz CT molecular complexity index is 642. The highest BCUT2D eigenvalue weighted by Gasteiger charge is 2.57. The van der Waals surface area contributed by atoms with E-state index in [-0.39, 0.29) is 19.6 Å². The minimum Gasteiger partial charge on any atom is -0.466 e. The Morgan fingerprint density at radius 1 is 1.28 bits per heavy atom. The van der Waals surface area contributed by atoms with E-state index in [1.54, 1.807) is 32.2 Å². The first kappa shape index (κ1) is 19.1. The van der Waals surface area contributed by atoms with Gasteiger partial charge in [-0.3, -0.25) is 19.4 Å². The van der Waals surface area contributed by atoms with Gasteiger partial charge in [-0.1, -0.05) is 6.07 Å². The molecule has 4 atom stereocenters. The van der Waals surface area contributed by atoms with E-state index in [0.29, 0.717) is 5.56 Å². The lowest BCUT2D eigenvalue weighted by Crippen LogP contribution is -2.55. The molecule has 1 N–H and O–H groups in total. The van der Waals surface area contributed by atoms with E-state index < -0.39 is 41.1 Å². The first-order valence-corrected chi connectivity index (χ1v) is 8.31. The highest BCUT2D eigenvalue weighted by Crippen LogP contribution is 2.46. The van der Waals surface area contributed by atoms with Crippen LogP contribution in [0.5, 0.6) is 0 Å². The number of hydrogen-bond acceptors (Lipinski definition) is 7. The number of ketones is 1. The Labute approximate surface area is 146 Å². The second-order valence-electron chi connectivity index (χ2n) is 6.27. The molecule has 1 aliphatic carbocycles. The molecule has 0 saturated heterocycles. The third-order valence-corrected chi connectivity index (χ3v) is 4.42. The van der Waals surface area contributed by atoms with Crippen LogP contribution in [0.2, 0.25) is 0 Å². The summed E-state index contributed by atoms with van der Waals surface area (Å²) in [6.45, 7) is 4.95. The van der Waals surface area contributed by atoms with E-state index in [1.165, 1.54) is 13.1 Å². The summed E-state index contributed by atoms with van der Waals surface area (Å²) in [6.07, 6.45) is 2.71. The standard InChI is InChI=1S/C18H23NO6/c1-4-24-16(21)14-12(20)9-18(3,23)15(17(22)25-5-2)13(14)11-7-6-8-19-10-11/h6-8,10,13-15,23H,4-5,9H2,1-3H3. The Kier molecular flexibility index (Phi) is 5.89. The lowest BCUT2D eigenvalue weighted by molar-refractivity contribution is -0.172. The molecule has 7 heteroatoms. The molecule has 0 amide bonds. The maximum absolute atomic E-state index is 12.6. The van der Waals surface area contributed by atoms with Crippen molar-refractivity contribution in [2.75, 3.05) is 13.2 Å². The molecule has 1 aliphatic rings. The molecule has 0 aromatic carbocycles. The van der Waals surface area contributed by atoms with Crippen molar-refractivity contribution in [3.8, 4) is 0 Å². The van der Waals surface area contributed by atoms with Crippen molar-refractivity contribution in [3.05, 3.63) is 30.1 Å². The molecule has 1 saturated carbocycles. The molecule has 0 spiro atoms. The van der Waals surface area contributed by atoms with Gasteiger partial charge in [0.25, 0.3) is 0 Å². The van der Waals surface area contributed by atoms with Crippen molar-refractivity contribution in [3.63, 3.8) is 0 Å². The van der Waals surface area contributed by atoms with Crippen molar-refractivity contribution in [2.24, 2.45) is 11.8 Å². The quantitative estimate of drug-likeness (QED) is 0.630. The Hall–Kier alpha value is -2.28. The normalized spacial score (nSPS) is 29.1. The molecular formula is C18H23NO6. The fourth-order valence-electron chi connectivity index (χ4n) is 3.45. The van der Waals surface area contributed by atoms with Crippen LogP contribution in [0.4, 0.5) is 0 Å². The topological polar surface area (TPSA) is 103 Å². The first-order valence-electron chi connectivity index (χ1n) is 8.31. The monoisotopic (exact) mass is 349 g/mol. The van der Waals surface area contributed by atoms with Gasteiger partial charge in [0, 0.05) is 24.7 Å². The molecule has 0 radical (unpaired) electrons.